The van der Waals surface area contributed by atoms with Crippen LogP contribution in [0.2, 0.25) is 10.0 Å². The van der Waals surface area contributed by atoms with Crippen molar-refractivity contribution in [2.45, 2.75) is 50.6 Å². The molecule has 0 saturated carbocycles. The van der Waals surface area contributed by atoms with Crippen molar-refractivity contribution in [1.29, 1.82) is 0 Å². The van der Waals surface area contributed by atoms with Gasteiger partial charge < -0.3 is 10.2 Å². The van der Waals surface area contributed by atoms with Crippen LogP contribution in [0.4, 0.5) is 5.69 Å². The van der Waals surface area contributed by atoms with Crippen molar-refractivity contribution < 1.29 is 18.0 Å². The fourth-order valence-corrected chi connectivity index (χ4v) is 6.49. The van der Waals surface area contributed by atoms with Crippen molar-refractivity contribution in [1.82, 2.24) is 10.2 Å². The third-order valence-electron chi connectivity index (χ3n) is 7.37. The quantitative estimate of drug-likeness (QED) is 0.146. The molecule has 0 spiro atoms. The predicted molar refractivity (Wildman–Crippen MR) is 181 cm³/mol. The Balaban J connectivity index is 1.78. The zero-order valence-electron chi connectivity index (χ0n) is 25.3. The van der Waals surface area contributed by atoms with Crippen LogP contribution in [0.1, 0.15) is 36.5 Å². The Morgan fingerprint density at radius 1 is 0.800 bits per heavy atom. The molecule has 0 saturated heterocycles. The lowest BCUT2D eigenvalue weighted by Gasteiger charge is -2.34. The first-order valence-corrected chi connectivity index (χ1v) is 17.0. The van der Waals surface area contributed by atoms with Gasteiger partial charge in [-0.15, -0.1) is 0 Å². The van der Waals surface area contributed by atoms with Crippen LogP contribution in [0.5, 0.6) is 0 Å². The van der Waals surface area contributed by atoms with E-state index in [0.717, 1.165) is 33.8 Å². The molecule has 2 amide bonds. The summed E-state index contributed by atoms with van der Waals surface area (Å²) in [6.07, 6.45) is 1.92. The second kappa shape index (κ2) is 15.9. The summed E-state index contributed by atoms with van der Waals surface area (Å²) in [4.78, 5) is 29.7. The summed E-state index contributed by atoms with van der Waals surface area (Å²) < 4.78 is 29.2. The second-order valence-electron chi connectivity index (χ2n) is 10.8. The number of hydrogen-bond acceptors (Lipinski definition) is 4. The van der Waals surface area contributed by atoms with E-state index in [0.29, 0.717) is 16.6 Å². The van der Waals surface area contributed by atoms with Gasteiger partial charge in [0, 0.05) is 29.6 Å². The molecule has 1 N–H and O–H groups in total. The summed E-state index contributed by atoms with van der Waals surface area (Å²) in [5.41, 5.74) is 2.78. The first kappa shape index (κ1) is 34.0. The molecule has 0 heterocycles. The zero-order chi connectivity index (χ0) is 32.4. The zero-order valence-corrected chi connectivity index (χ0v) is 27.7. The first-order chi connectivity index (χ1) is 21.6. The second-order valence-corrected chi connectivity index (χ2v) is 13.5. The molecule has 1 atom stereocenters. The SMILES string of the molecule is CCCCNC(=O)C(Cc1ccccc1)N(Cc1ccc(Cl)cc1)C(=O)CN(c1ccc(Cl)cc1)S(=O)(=O)c1ccc(C)cc1. The molecule has 0 aliphatic heterocycles. The smallest absolute Gasteiger partial charge is 0.264 e. The maximum atomic E-state index is 14.5. The fourth-order valence-electron chi connectivity index (χ4n) is 4.82. The maximum absolute atomic E-state index is 14.5. The molecule has 0 radical (unpaired) electrons. The molecule has 236 valence electrons. The summed E-state index contributed by atoms with van der Waals surface area (Å²) in [6, 6.07) is 28.3. The number of hydrogen-bond donors (Lipinski definition) is 1. The van der Waals surface area contributed by atoms with Gasteiger partial charge in [0.15, 0.2) is 0 Å². The summed E-state index contributed by atoms with van der Waals surface area (Å²) in [7, 11) is -4.19. The highest BCUT2D eigenvalue weighted by Crippen LogP contribution is 2.27. The number of nitrogens with one attached hydrogen (secondary N) is 1. The number of halogens is 2. The molecule has 7 nitrogen and oxygen atoms in total. The molecular weight excluding hydrogens is 629 g/mol. The molecule has 0 aromatic heterocycles. The molecular formula is C35H37Cl2N3O4S. The lowest BCUT2D eigenvalue weighted by atomic mass is 10.0. The topological polar surface area (TPSA) is 86.8 Å². The van der Waals surface area contributed by atoms with Crippen molar-refractivity contribution in [3.8, 4) is 0 Å². The summed E-state index contributed by atoms with van der Waals surface area (Å²) in [5, 5.41) is 3.95. The van der Waals surface area contributed by atoms with E-state index >= 15 is 0 Å². The van der Waals surface area contributed by atoms with Crippen LogP contribution < -0.4 is 9.62 Å². The van der Waals surface area contributed by atoms with E-state index in [1.54, 1.807) is 60.7 Å². The van der Waals surface area contributed by atoms with Gasteiger partial charge in [-0.1, -0.05) is 96.7 Å². The Labute approximate surface area is 275 Å². The number of carbonyl (C=O) groups excluding carboxylic acids is 2. The average molecular weight is 667 g/mol. The summed E-state index contributed by atoms with van der Waals surface area (Å²) in [6.45, 7) is 3.88. The average Bonchev–Trinajstić information content (AvgIpc) is 3.03. The Kier molecular flexibility index (Phi) is 12.0. The first-order valence-electron chi connectivity index (χ1n) is 14.8. The molecule has 0 bridgehead atoms. The monoisotopic (exact) mass is 665 g/mol. The van der Waals surface area contributed by atoms with Gasteiger partial charge >= 0.3 is 0 Å². The summed E-state index contributed by atoms with van der Waals surface area (Å²) in [5.74, 6) is -0.851. The largest absolute Gasteiger partial charge is 0.354 e. The minimum atomic E-state index is -4.19. The van der Waals surface area contributed by atoms with E-state index in [1.165, 1.54) is 17.0 Å². The van der Waals surface area contributed by atoms with Gasteiger partial charge in [-0.05, 0) is 73.0 Å². The van der Waals surface area contributed by atoms with Gasteiger partial charge in [-0.3, -0.25) is 13.9 Å². The lowest BCUT2D eigenvalue weighted by molar-refractivity contribution is -0.140. The number of rotatable bonds is 14. The lowest BCUT2D eigenvalue weighted by Crippen LogP contribution is -2.53. The van der Waals surface area contributed by atoms with E-state index in [4.69, 9.17) is 23.2 Å². The Hall–Kier alpha value is -3.85. The van der Waals surface area contributed by atoms with Gasteiger partial charge in [-0.2, -0.15) is 0 Å². The highest BCUT2D eigenvalue weighted by molar-refractivity contribution is 7.92. The number of nitrogens with zero attached hydrogens (tertiary/aromatic N) is 2. The van der Waals surface area contributed by atoms with Crippen LogP contribution >= 0.6 is 23.2 Å². The minimum Gasteiger partial charge on any atom is -0.354 e. The number of sulfonamides is 1. The van der Waals surface area contributed by atoms with E-state index < -0.39 is 28.5 Å². The molecule has 4 aromatic rings. The van der Waals surface area contributed by atoms with E-state index in [-0.39, 0.29) is 29.5 Å². The number of unbranched alkanes of at least 4 members (excludes halogenated alkanes) is 1. The van der Waals surface area contributed by atoms with Crippen molar-refractivity contribution in [3.05, 3.63) is 130 Å². The number of carbonyl (C=O) groups is 2. The molecule has 0 aliphatic rings. The van der Waals surface area contributed by atoms with Crippen LogP contribution in [-0.2, 0) is 32.6 Å². The van der Waals surface area contributed by atoms with E-state index in [2.05, 4.69) is 5.32 Å². The Morgan fingerprint density at radius 3 is 2.00 bits per heavy atom. The number of benzene rings is 4. The normalized spacial score (nSPS) is 11.9. The predicted octanol–water partition coefficient (Wildman–Crippen LogP) is 7.05. The van der Waals surface area contributed by atoms with Crippen LogP contribution in [0.25, 0.3) is 0 Å². The Morgan fingerprint density at radius 2 is 1.40 bits per heavy atom. The molecule has 4 aromatic carbocycles. The van der Waals surface area contributed by atoms with Gasteiger partial charge in [0.1, 0.15) is 12.6 Å². The highest BCUT2D eigenvalue weighted by Gasteiger charge is 2.34. The Bertz CT molecular complexity index is 1670. The molecule has 0 aliphatic carbocycles. The summed E-state index contributed by atoms with van der Waals surface area (Å²) >= 11 is 12.3. The molecule has 0 fully saturated rings. The van der Waals surface area contributed by atoms with Crippen molar-refractivity contribution >= 4 is 50.7 Å². The van der Waals surface area contributed by atoms with Crippen LogP contribution in [0.15, 0.2) is 108 Å². The van der Waals surface area contributed by atoms with E-state index in [9.17, 15) is 18.0 Å². The third-order valence-corrected chi connectivity index (χ3v) is 9.66. The fraction of sp³-hybridized carbons (Fsp3) is 0.257. The number of aryl methyl sites for hydroxylation is 1. The van der Waals surface area contributed by atoms with E-state index in [1.807, 2.05) is 44.2 Å². The molecule has 4 rings (SSSR count). The van der Waals surface area contributed by atoms with Gasteiger partial charge in [-0.25, -0.2) is 8.42 Å². The van der Waals surface area contributed by atoms with Crippen LogP contribution in [0, 0.1) is 6.92 Å². The van der Waals surface area contributed by atoms with Crippen LogP contribution in [0.3, 0.4) is 0 Å². The highest BCUT2D eigenvalue weighted by atomic mass is 35.5. The van der Waals surface area contributed by atoms with Crippen molar-refractivity contribution in [2.75, 3.05) is 17.4 Å². The van der Waals surface area contributed by atoms with Crippen LogP contribution in [-0.4, -0.2) is 44.3 Å². The minimum absolute atomic E-state index is 0.0400. The van der Waals surface area contributed by atoms with Crippen molar-refractivity contribution in [2.24, 2.45) is 0 Å². The number of anilines is 1. The maximum Gasteiger partial charge on any atom is 0.264 e. The molecule has 1 unspecified atom stereocenters. The standard InChI is InChI=1S/C35H37Cl2N3O4S/c1-3-4-22-38-35(42)33(23-27-8-6-5-7-9-27)39(24-28-12-14-29(36)15-13-28)34(41)25-40(31-18-16-30(37)17-19-31)45(43,44)32-20-10-26(2)11-21-32/h5-21,33H,3-4,22-25H2,1-2H3,(H,38,42). The number of amides is 2. The third kappa shape index (κ3) is 9.33. The van der Waals surface area contributed by atoms with Gasteiger partial charge in [0.2, 0.25) is 11.8 Å². The molecule has 10 heteroatoms. The van der Waals surface area contributed by atoms with Crippen molar-refractivity contribution in [3.63, 3.8) is 0 Å². The van der Waals surface area contributed by atoms with Gasteiger partial charge in [0.25, 0.3) is 10.0 Å². The van der Waals surface area contributed by atoms with Gasteiger partial charge in [0.05, 0.1) is 10.6 Å². The molecule has 45 heavy (non-hydrogen) atoms.